The topological polar surface area (TPSA) is 43.0 Å². The highest BCUT2D eigenvalue weighted by atomic mass is 15.0. The second kappa shape index (κ2) is 16.9. The number of nitrogens with zero attached hydrogens (tertiary/aromatic N) is 4. The summed E-state index contributed by atoms with van der Waals surface area (Å²) >= 11 is 0. The van der Waals surface area contributed by atoms with Gasteiger partial charge in [0.1, 0.15) is 0 Å². The van der Waals surface area contributed by atoms with Crippen molar-refractivity contribution in [1.82, 2.24) is 15.0 Å². The Labute approximate surface area is 406 Å². The van der Waals surface area contributed by atoms with Crippen LogP contribution < -0.4 is 0 Å². The Hall–Kier alpha value is -9.56. The molecule has 0 spiro atoms. The lowest BCUT2D eigenvalue weighted by atomic mass is 9.87. The highest BCUT2D eigenvalue weighted by Gasteiger charge is 2.24. The molecule has 13 rings (SSSR count). The van der Waals surface area contributed by atoms with Crippen molar-refractivity contribution in [3.63, 3.8) is 0 Å². The molecular formula is C66H40N4. The minimum absolute atomic E-state index is 0.561. The molecule has 0 saturated carbocycles. The fourth-order valence-electron chi connectivity index (χ4n) is 10.5. The smallest absolute Gasteiger partial charge is 0.194 e. The van der Waals surface area contributed by atoms with E-state index in [2.05, 4.69) is 205 Å². The van der Waals surface area contributed by atoms with Gasteiger partial charge in [0.05, 0.1) is 6.57 Å². The maximum absolute atomic E-state index is 8.45. The molecule has 0 unspecified atom stereocenters. The molecule has 0 radical (unpaired) electrons. The first kappa shape index (κ1) is 40.7. The Balaban J connectivity index is 0.941. The predicted octanol–water partition coefficient (Wildman–Crippen LogP) is 17.7. The summed E-state index contributed by atoms with van der Waals surface area (Å²) in [5.41, 5.74) is 18.8. The van der Waals surface area contributed by atoms with Gasteiger partial charge in [-0.1, -0.05) is 237 Å². The van der Waals surface area contributed by atoms with Gasteiger partial charge in [0, 0.05) is 16.7 Å². The largest absolute Gasteiger partial charge is 0.238 e. The van der Waals surface area contributed by atoms with Crippen molar-refractivity contribution < 1.29 is 0 Å². The number of hydrogen-bond acceptors (Lipinski definition) is 3. The fourth-order valence-corrected chi connectivity index (χ4v) is 10.5. The van der Waals surface area contributed by atoms with Crippen LogP contribution in [0.4, 0.5) is 5.69 Å². The summed E-state index contributed by atoms with van der Waals surface area (Å²) in [6, 6.07) is 85.0. The number of benzene rings is 11. The summed E-state index contributed by atoms with van der Waals surface area (Å²) in [5, 5.41) is 4.91. The van der Waals surface area contributed by atoms with Gasteiger partial charge < -0.3 is 0 Å². The molecule has 4 heteroatoms. The zero-order valence-electron chi connectivity index (χ0n) is 37.9. The zero-order valence-corrected chi connectivity index (χ0v) is 37.9. The van der Waals surface area contributed by atoms with Gasteiger partial charge in [-0.25, -0.2) is 19.8 Å². The van der Waals surface area contributed by atoms with Crippen LogP contribution in [0.2, 0.25) is 0 Å². The standard InChI is InChI=1S/C66H40N4/c1-67-62-39-36-45(49-25-7-8-26-50(49)56-37-38-59-53-29-11-10-28-52(53)57-34-17-35-58(56)63(57)59)41-61(62)55-31-12-9-27-51(55)54-30-13-14-32-60(54)66-69-64(43-19-3-2-4-20-43)68-65(70-66)46-23-15-22-44(40-46)48-33-16-21-42-18-5-6-24-47(42)48/h2-41H. The summed E-state index contributed by atoms with van der Waals surface area (Å²) in [7, 11) is 0. The molecule has 1 aliphatic carbocycles. The van der Waals surface area contributed by atoms with Crippen LogP contribution in [-0.4, -0.2) is 15.0 Å². The molecule has 0 fully saturated rings. The Bertz CT molecular complexity index is 4050. The molecular weight excluding hydrogens is 849 g/mol. The van der Waals surface area contributed by atoms with Gasteiger partial charge in [-0.3, -0.25) is 0 Å². The summed E-state index contributed by atoms with van der Waals surface area (Å²) in [6.07, 6.45) is 0. The molecule has 1 aromatic heterocycles. The maximum Gasteiger partial charge on any atom is 0.194 e. The lowest BCUT2D eigenvalue weighted by Crippen LogP contribution is -2.01. The van der Waals surface area contributed by atoms with Crippen molar-refractivity contribution in [2.24, 2.45) is 0 Å². The molecule has 0 N–H and O–H groups in total. The predicted molar refractivity (Wildman–Crippen MR) is 289 cm³/mol. The first-order valence-corrected chi connectivity index (χ1v) is 23.5. The molecule has 0 amide bonds. The van der Waals surface area contributed by atoms with Crippen molar-refractivity contribution in [2.75, 3.05) is 0 Å². The van der Waals surface area contributed by atoms with Crippen molar-refractivity contribution in [2.45, 2.75) is 0 Å². The molecule has 0 aliphatic heterocycles. The normalized spacial score (nSPS) is 11.4. The van der Waals surface area contributed by atoms with E-state index in [1.54, 1.807) is 0 Å². The summed E-state index contributed by atoms with van der Waals surface area (Å²) < 4.78 is 0. The van der Waals surface area contributed by atoms with E-state index in [1.807, 2.05) is 42.5 Å². The zero-order chi connectivity index (χ0) is 46.5. The van der Waals surface area contributed by atoms with Gasteiger partial charge in [-0.2, -0.15) is 0 Å². The van der Waals surface area contributed by atoms with Crippen LogP contribution >= 0.6 is 0 Å². The Morgan fingerprint density at radius 1 is 0.257 bits per heavy atom. The van der Waals surface area contributed by atoms with Crippen molar-refractivity contribution in [3.05, 3.63) is 254 Å². The van der Waals surface area contributed by atoms with E-state index in [9.17, 15) is 0 Å². The number of aromatic nitrogens is 3. The van der Waals surface area contributed by atoms with E-state index >= 15 is 0 Å². The second-order valence-electron chi connectivity index (χ2n) is 17.7. The molecule has 1 aliphatic rings. The summed E-state index contributed by atoms with van der Waals surface area (Å²) in [6.45, 7) is 8.45. The van der Waals surface area contributed by atoms with Crippen LogP contribution in [0.5, 0.6) is 0 Å². The quantitative estimate of drug-likeness (QED) is 0.143. The van der Waals surface area contributed by atoms with E-state index in [0.29, 0.717) is 23.2 Å². The van der Waals surface area contributed by atoms with Crippen LogP contribution in [0.3, 0.4) is 0 Å². The number of hydrogen-bond donors (Lipinski definition) is 0. The van der Waals surface area contributed by atoms with E-state index in [-0.39, 0.29) is 0 Å². The monoisotopic (exact) mass is 888 g/mol. The van der Waals surface area contributed by atoms with Gasteiger partial charge in [-0.15, -0.1) is 0 Å². The molecule has 0 bridgehead atoms. The van der Waals surface area contributed by atoms with Gasteiger partial charge >= 0.3 is 0 Å². The first-order valence-electron chi connectivity index (χ1n) is 23.5. The van der Waals surface area contributed by atoms with Crippen molar-refractivity contribution in [1.29, 1.82) is 0 Å². The van der Waals surface area contributed by atoms with E-state index in [0.717, 1.165) is 66.8 Å². The summed E-state index contributed by atoms with van der Waals surface area (Å²) in [5.74, 6) is 1.73. The van der Waals surface area contributed by atoms with Crippen LogP contribution in [-0.2, 0) is 0 Å². The molecule has 0 atom stereocenters. The van der Waals surface area contributed by atoms with Gasteiger partial charge in [0.25, 0.3) is 0 Å². The average Bonchev–Trinajstić information content (AvgIpc) is 3.77. The molecule has 324 valence electrons. The minimum Gasteiger partial charge on any atom is -0.238 e. The Morgan fingerprint density at radius 2 is 0.700 bits per heavy atom. The SMILES string of the molecule is [C-]#[N+]c1ccc(-c2ccccc2-c2ccc3c4c(cccc24)-c2ccccc2-3)cc1-c1ccccc1-c1ccccc1-c1nc(-c2ccccc2)nc(-c2cccc(-c3cccc4ccccc34)c2)n1. The minimum atomic E-state index is 0.561. The highest BCUT2D eigenvalue weighted by molar-refractivity contribution is 6.19. The molecule has 70 heavy (non-hydrogen) atoms. The maximum atomic E-state index is 8.45. The van der Waals surface area contributed by atoms with Gasteiger partial charge in [-0.05, 0) is 105 Å². The first-order chi connectivity index (χ1) is 34.7. The van der Waals surface area contributed by atoms with Crippen LogP contribution in [0.1, 0.15) is 0 Å². The molecule has 12 aromatic rings. The van der Waals surface area contributed by atoms with Crippen molar-refractivity contribution >= 4 is 27.2 Å². The third-order valence-electron chi connectivity index (χ3n) is 13.8. The van der Waals surface area contributed by atoms with E-state index in [1.165, 1.54) is 49.4 Å². The average molecular weight is 889 g/mol. The van der Waals surface area contributed by atoms with Gasteiger partial charge in [0.2, 0.25) is 0 Å². The van der Waals surface area contributed by atoms with Gasteiger partial charge in [0.15, 0.2) is 23.2 Å². The Morgan fingerprint density at radius 3 is 1.44 bits per heavy atom. The molecule has 11 aromatic carbocycles. The molecule has 0 saturated heterocycles. The fraction of sp³-hybridized carbons (Fsp3) is 0. The third-order valence-corrected chi connectivity index (χ3v) is 13.8. The molecule has 1 heterocycles. The molecule has 4 nitrogen and oxygen atoms in total. The lowest BCUT2D eigenvalue weighted by Gasteiger charge is -2.18. The van der Waals surface area contributed by atoms with E-state index in [4.69, 9.17) is 21.5 Å². The lowest BCUT2D eigenvalue weighted by molar-refractivity contribution is 1.07. The van der Waals surface area contributed by atoms with E-state index < -0.39 is 0 Å². The highest BCUT2D eigenvalue weighted by Crippen LogP contribution is 2.51. The second-order valence-corrected chi connectivity index (χ2v) is 17.7. The number of rotatable bonds is 8. The third kappa shape index (κ3) is 6.88. The van der Waals surface area contributed by atoms with Crippen molar-refractivity contribution in [3.8, 4) is 112 Å². The Kier molecular flexibility index (Phi) is 9.85. The van der Waals surface area contributed by atoms with Crippen LogP contribution in [0.25, 0.3) is 138 Å². The van der Waals surface area contributed by atoms with Crippen LogP contribution in [0, 0.1) is 6.57 Å². The summed E-state index contributed by atoms with van der Waals surface area (Å²) in [4.78, 5) is 19.8. The number of fused-ring (bicyclic) bond motifs is 4. The van der Waals surface area contributed by atoms with Crippen LogP contribution in [0.15, 0.2) is 243 Å².